The van der Waals surface area contributed by atoms with Crippen molar-refractivity contribution in [2.24, 2.45) is 10.7 Å². The summed E-state index contributed by atoms with van der Waals surface area (Å²) in [4.78, 5) is 23.6. The molecule has 0 radical (unpaired) electrons. The first-order valence-electron chi connectivity index (χ1n) is 9.59. The number of nitrogens with zero attached hydrogens (tertiary/aromatic N) is 3. The van der Waals surface area contributed by atoms with Crippen LogP contribution in [0.15, 0.2) is 35.6 Å². The van der Waals surface area contributed by atoms with Gasteiger partial charge in [0.25, 0.3) is 6.02 Å². The Kier molecular flexibility index (Phi) is 6.71. The van der Waals surface area contributed by atoms with Crippen LogP contribution in [0, 0.1) is 5.95 Å². The Balaban J connectivity index is 1.79. The van der Waals surface area contributed by atoms with Gasteiger partial charge in [-0.3, -0.25) is 4.79 Å². The lowest BCUT2D eigenvalue weighted by molar-refractivity contribution is -0.208. The second-order valence-corrected chi connectivity index (χ2v) is 7.64. The van der Waals surface area contributed by atoms with E-state index < -0.39 is 54.8 Å². The maximum Gasteiger partial charge on any atom is 0.425 e. The molecule has 2 aromatic heterocycles. The van der Waals surface area contributed by atoms with Crippen molar-refractivity contribution in [2.45, 2.75) is 43.8 Å². The molecule has 14 heteroatoms. The van der Waals surface area contributed by atoms with Gasteiger partial charge in [-0.15, -0.1) is 0 Å². The lowest BCUT2D eigenvalue weighted by atomic mass is 9.85. The smallest absolute Gasteiger partial charge is 0.425 e. The average Bonchev–Trinajstić information content (AvgIpc) is 2.72. The predicted molar refractivity (Wildman–Crippen MR) is 103 cm³/mol. The highest BCUT2D eigenvalue weighted by Gasteiger charge is 2.50. The number of aliphatic imine (C=N–C) groups is 1. The molecule has 0 bridgehead atoms. The van der Waals surface area contributed by atoms with Gasteiger partial charge >= 0.3 is 12.4 Å². The molecule has 184 valence electrons. The minimum atomic E-state index is -4.78. The molecule has 3 rings (SSSR count). The summed E-state index contributed by atoms with van der Waals surface area (Å²) in [5, 5.41) is 0. The van der Waals surface area contributed by atoms with Crippen LogP contribution in [0.3, 0.4) is 0 Å². The highest BCUT2D eigenvalue weighted by atomic mass is 19.4. The minimum Gasteiger partial charge on any atom is -0.483 e. The highest BCUT2D eigenvalue weighted by Crippen LogP contribution is 2.40. The first kappa shape index (κ1) is 25.2. The Morgan fingerprint density at radius 1 is 1.21 bits per heavy atom. The number of rotatable bonds is 6. The molecule has 0 spiro atoms. The number of ether oxygens (including phenoxy) is 2. The standard InChI is InChI=1S/C20H17F7N4O3/c1-18(6-15(20(25,26)27)34-17(28)31-18)12-4-10(7-30-16(12)21)5-14(32)13-3-2-11(8-29-13)33-9-19(22,23)24/h2-4,7-8,15H,5-6,9H2,1H3,(H2,28,31)/t15-,18-/m0/s1. The number of Topliss-reactive ketones (excluding diaryl/α,β-unsaturated/α-hetero) is 1. The predicted octanol–water partition coefficient (Wildman–Crippen LogP) is 3.86. The van der Waals surface area contributed by atoms with E-state index >= 15 is 0 Å². The monoisotopic (exact) mass is 494 g/mol. The molecule has 1 aliphatic rings. The number of carbonyl (C=O) groups is 1. The van der Waals surface area contributed by atoms with Gasteiger partial charge in [-0.1, -0.05) is 0 Å². The molecule has 3 heterocycles. The fourth-order valence-electron chi connectivity index (χ4n) is 3.25. The Hall–Kier alpha value is -3.45. The highest BCUT2D eigenvalue weighted by molar-refractivity contribution is 5.95. The van der Waals surface area contributed by atoms with Crippen molar-refractivity contribution >= 4 is 11.8 Å². The van der Waals surface area contributed by atoms with Gasteiger partial charge in [0.1, 0.15) is 11.4 Å². The largest absolute Gasteiger partial charge is 0.483 e. The summed E-state index contributed by atoms with van der Waals surface area (Å²) in [7, 11) is 0. The Morgan fingerprint density at radius 2 is 1.91 bits per heavy atom. The van der Waals surface area contributed by atoms with E-state index in [-0.39, 0.29) is 29.0 Å². The van der Waals surface area contributed by atoms with E-state index in [1.54, 1.807) is 0 Å². The van der Waals surface area contributed by atoms with Gasteiger partial charge in [-0.25, -0.2) is 15.0 Å². The number of pyridine rings is 2. The van der Waals surface area contributed by atoms with E-state index in [1.165, 1.54) is 6.92 Å². The fraction of sp³-hybridized carbons (Fsp3) is 0.400. The Bertz CT molecular complexity index is 1090. The van der Waals surface area contributed by atoms with Crippen LogP contribution in [-0.4, -0.2) is 46.8 Å². The number of halogens is 7. The van der Waals surface area contributed by atoms with Gasteiger partial charge in [0.05, 0.1) is 11.7 Å². The van der Waals surface area contributed by atoms with Crippen LogP contribution in [-0.2, 0) is 16.7 Å². The second kappa shape index (κ2) is 9.06. The number of hydrogen-bond acceptors (Lipinski definition) is 7. The van der Waals surface area contributed by atoms with Gasteiger partial charge in [0.2, 0.25) is 5.95 Å². The van der Waals surface area contributed by atoms with Crippen molar-refractivity contribution in [3.63, 3.8) is 0 Å². The van der Waals surface area contributed by atoms with Crippen molar-refractivity contribution in [2.75, 3.05) is 6.61 Å². The number of nitrogens with two attached hydrogens (primary N) is 1. The van der Waals surface area contributed by atoms with Gasteiger partial charge in [0, 0.05) is 24.6 Å². The SMILES string of the molecule is C[C@@]1(c2cc(CC(=O)c3ccc(OCC(F)(F)F)cn3)cnc2F)C[C@@H](C(F)(F)F)OC(N)=N1. The molecule has 2 aromatic rings. The first-order chi connectivity index (χ1) is 15.7. The van der Waals surface area contributed by atoms with E-state index in [1.807, 2.05) is 0 Å². The number of ketones is 1. The molecule has 2 atom stereocenters. The third kappa shape index (κ3) is 6.11. The molecule has 0 saturated carbocycles. The van der Waals surface area contributed by atoms with Crippen LogP contribution in [0.1, 0.15) is 35.0 Å². The number of aromatic nitrogens is 2. The van der Waals surface area contributed by atoms with E-state index in [0.717, 1.165) is 30.6 Å². The van der Waals surface area contributed by atoms with Crippen LogP contribution in [0.25, 0.3) is 0 Å². The van der Waals surface area contributed by atoms with E-state index in [2.05, 4.69) is 24.4 Å². The average molecular weight is 494 g/mol. The summed E-state index contributed by atoms with van der Waals surface area (Å²) < 4.78 is 99.7. The third-order valence-corrected chi connectivity index (χ3v) is 4.83. The number of alkyl halides is 6. The molecule has 1 aliphatic heterocycles. The molecule has 34 heavy (non-hydrogen) atoms. The maximum atomic E-state index is 14.5. The molecule has 0 fully saturated rings. The maximum absolute atomic E-state index is 14.5. The Labute approximate surface area is 187 Å². The van der Waals surface area contributed by atoms with Crippen LogP contribution >= 0.6 is 0 Å². The quantitative estimate of drug-likeness (QED) is 0.372. The Morgan fingerprint density at radius 3 is 2.50 bits per heavy atom. The first-order valence-corrected chi connectivity index (χ1v) is 9.59. The summed E-state index contributed by atoms with van der Waals surface area (Å²) >= 11 is 0. The molecular formula is C20H17F7N4O3. The van der Waals surface area contributed by atoms with Crippen LogP contribution in [0.4, 0.5) is 30.7 Å². The topological polar surface area (TPSA) is 99.7 Å². The van der Waals surface area contributed by atoms with Crippen molar-refractivity contribution in [3.8, 4) is 5.75 Å². The second-order valence-electron chi connectivity index (χ2n) is 7.64. The van der Waals surface area contributed by atoms with Gasteiger partial charge in [0.15, 0.2) is 18.5 Å². The number of carbonyl (C=O) groups excluding carboxylic acids is 1. The third-order valence-electron chi connectivity index (χ3n) is 4.83. The normalized spacial score (nSPS) is 20.9. The molecule has 7 nitrogen and oxygen atoms in total. The van der Waals surface area contributed by atoms with Crippen LogP contribution < -0.4 is 10.5 Å². The molecule has 0 unspecified atom stereocenters. The van der Waals surface area contributed by atoms with Crippen LogP contribution in [0.2, 0.25) is 0 Å². The summed E-state index contributed by atoms with van der Waals surface area (Å²) in [5.74, 6) is -1.90. The van der Waals surface area contributed by atoms with E-state index in [0.29, 0.717) is 0 Å². The zero-order valence-corrected chi connectivity index (χ0v) is 17.4. The molecule has 0 aromatic carbocycles. The zero-order chi connectivity index (χ0) is 25.3. The van der Waals surface area contributed by atoms with Crippen molar-refractivity contribution in [1.82, 2.24) is 9.97 Å². The van der Waals surface area contributed by atoms with Gasteiger partial charge in [-0.05, 0) is 30.7 Å². The summed E-state index contributed by atoms with van der Waals surface area (Å²) in [6.45, 7) is -0.300. The molecule has 2 N–H and O–H groups in total. The number of amidine groups is 1. The molecule has 0 aliphatic carbocycles. The zero-order valence-electron chi connectivity index (χ0n) is 17.4. The minimum absolute atomic E-state index is 0.123. The summed E-state index contributed by atoms with van der Waals surface area (Å²) in [6, 6.07) is 2.65. The van der Waals surface area contributed by atoms with E-state index in [9.17, 15) is 35.5 Å². The van der Waals surface area contributed by atoms with Crippen LogP contribution in [0.5, 0.6) is 5.75 Å². The van der Waals surface area contributed by atoms with Crippen molar-refractivity contribution in [1.29, 1.82) is 0 Å². The molecular weight excluding hydrogens is 477 g/mol. The van der Waals surface area contributed by atoms with Gasteiger partial charge in [-0.2, -0.15) is 30.7 Å². The molecule has 0 saturated heterocycles. The van der Waals surface area contributed by atoms with Crippen molar-refractivity contribution in [3.05, 3.63) is 53.4 Å². The summed E-state index contributed by atoms with van der Waals surface area (Å²) in [5.41, 5.74) is 3.32. The lowest BCUT2D eigenvalue weighted by Gasteiger charge is -2.35. The lowest BCUT2D eigenvalue weighted by Crippen LogP contribution is -2.46. The summed E-state index contributed by atoms with van der Waals surface area (Å²) in [6.07, 6.45) is -10.8. The van der Waals surface area contributed by atoms with E-state index in [4.69, 9.17) is 5.73 Å². The van der Waals surface area contributed by atoms with Crippen molar-refractivity contribution < 1.29 is 45.0 Å². The number of hydrogen-bond donors (Lipinski definition) is 1. The fourth-order valence-corrected chi connectivity index (χ4v) is 3.25. The van der Waals surface area contributed by atoms with Gasteiger partial charge < -0.3 is 15.2 Å². The molecule has 0 amide bonds.